The third-order valence-electron chi connectivity index (χ3n) is 3.19. The number of hydrogen-bond acceptors (Lipinski definition) is 3. The molecule has 0 aromatic carbocycles. The van der Waals surface area contributed by atoms with Crippen molar-refractivity contribution in [1.29, 1.82) is 0 Å². The molecule has 5 nitrogen and oxygen atoms in total. The van der Waals surface area contributed by atoms with Gasteiger partial charge in [0, 0.05) is 0 Å². The van der Waals surface area contributed by atoms with Crippen LogP contribution in [0.2, 0.25) is 0 Å². The maximum Gasteiger partial charge on any atom is 0.419 e. The molecule has 0 saturated heterocycles. The Bertz CT molecular complexity index is 305. The molecule has 1 N–H and O–H groups in total. The van der Waals surface area contributed by atoms with Crippen molar-refractivity contribution in [2.24, 2.45) is 5.92 Å². The molecule has 0 bridgehead atoms. The fraction of sp³-hybridized carbons (Fsp3) is 0.833. The first-order valence-corrected chi connectivity index (χ1v) is 6.26. The van der Waals surface area contributed by atoms with E-state index in [1.54, 1.807) is 6.92 Å². The van der Waals surface area contributed by atoms with Gasteiger partial charge >= 0.3 is 11.7 Å². The van der Waals surface area contributed by atoms with Crippen molar-refractivity contribution >= 4 is 11.7 Å². The fourth-order valence-electron chi connectivity index (χ4n) is 2.30. The number of rotatable bonds is 5. The second kappa shape index (κ2) is 7.20. The standard InChI is InChI=1S/C12H20N2O3/c1-2-17-12(16)11(14-13)10(15)8-9-6-4-3-5-7-9/h9-10,15H,2-8H2,1H3. The van der Waals surface area contributed by atoms with E-state index in [9.17, 15) is 9.90 Å². The van der Waals surface area contributed by atoms with Crippen LogP contribution in [0.15, 0.2) is 0 Å². The molecule has 1 saturated carbocycles. The number of aliphatic hydroxyl groups is 1. The maximum absolute atomic E-state index is 11.4. The number of hydrogen-bond donors (Lipinski definition) is 1. The number of carbonyl (C=O) groups excluding carboxylic acids is 1. The van der Waals surface area contributed by atoms with Crippen molar-refractivity contribution in [3.63, 3.8) is 0 Å². The van der Waals surface area contributed by atoms with Crippen molar-refractivity contribution in [2.45, 2.75) is 51.6 Å². The highest BCUT2D eigenvalue weighted by molar-refractivity contribution is 6.35. The molecule has 1 rings (SSSR count). The average Bonchev–Trinajstić information content (AvgIpc) is 2.31. The van der Waals surface area contributed by atoms with Gasteiger partial charge in [0.05, 0.1) is 6.61 Å². The first-order chi connectivity index (χ1) is 8.19. The van der Waals surface area contributed by atoms with Gasteiger partial charge in [-0.15, -0.1) is 0 Å². The minimum atomic E-state index is -1.03. The molecule has 0 heterocycles. The van der Waals surface area contributed by atoms with E-state index in [1.165, 1.54) is 19.3 Å². The topological polar surface area (TPSA) is 82.9 Å². The quantitative estimate of drug-likeness (QED) is 0.342. The Balaban J connectivity index is 2.51. The highest BCUT2D eigenvalue weighted by atomic mass is 16.5. The average molecular weight is 240 g/mol. The first kappa shape index (κ1) is 13.9. The van der Waals surface area contributed by atoms with Crippen molar-refractivity contribution in [1.82, 2.24) is 0 Å². The Morgan fingerprint density at radius 1 is 1.47 bits per heavy atom. The summed E-state index contributed by atoms with van der Waals surface area (Å²) >= 11 is 0. The second-order valence-electron chi connectivity index (χ2n) is 4.46. The Labute approximate surface area is 101 Å². The minimum absolute atomic E-state index is 0.202. The zero-order chi connectivity index (χ0) is 12.7. The molecule has 0 radical (unpaired) electrons. The third kappa shape index (κ3) is 4.29. The monoisotopic (exact) mass is 240 g/mol. The number of ether oxygens (including phenoxy) is 1. The van der Waals surface area contributed by atoms with Crippen LogP contribution in [0.1, 0.15) is 45.4 Å². The molecular formula is C12H20N2O3. The van der Waals surface area contributed by atoms with Crippen molar-refractivity contribution in [3.05, 3.63) is 5.53 Å². The molecule has 17 heavy (non-hydrogen) atoms. The lowest BCUT2D eigenvalue weighted by atomic mass is 9.84. The van der Waals surface area contributed by atoms with Crippen molar-refractivity contribution < 1.29 is 19.4 Å². The summed E-state index contributed by atoms with van der Waals surface area (Å²) in [7, 11) is 0. The molecule has 0 spiro atoms. The third-order valence-corrected chi connectivity index (χ3v) is 3.19. The normalized spacial score (nSPS) is 18.2. The van der Waals surface area contributed by atoms with Gasteiger partial charge in [0.15, 0.2) is 6.10 Å². The molecule has 1 aliphatic carbocycles. The molecule has 1 unspecified atom stereocenters. The van der Waals surface area contributed by atoms with Gasteiger partial charge in [-0.3, -0.25) is 0 Å². The molecule has 0 amide bonds. The van der Waals surface area contributed by atoms with Crippen LogP contribution >= 0.6 is 0 Å². The van der Waals surface area contributed by atoms with E-state index >= 15 is 0 Å². The highest BCUT2D eigenvalue weighted by Gasteiger charge is 2.33. The van der Waals surface area contributed by atoms with Crippen molar-refractivity contribution in [3.8, 4) is 0 Å². The van der Waals surface area contributed by atoms with Gasteiger partial charge in [-0.05, 0) is 19.3 Å². The maximum atomic E-state index is 11.4. The molecule has 1 atom stereocenters. The Kier molecular flexibility index (Phi) is 5.87. The lowest BCUT2D eigenvalue weighted by Crippen LogP contribution is -2.33. The lowest BCUT2D eigenvalue weighted by Gasteiger charge is -2.22. The molecule has 0 aromatic heterocycles. The van der Waals surface area contributed by atoms with Crippen LogP contribution in [0.5, 0.6) is 0 Å². The van der Waals surface area contributed by atoms with Crippen LogP contribution in [-0.2, 0) is 9.53 Å². The highest BCUT2D eigenvalue weighted by Crippen LogP contribution is 2.27. The number of carbonyl (C=O) groups is 1. The summed E-state index contributed by atoms with van der Waals surface area (Å²) in [6, 6.07) is 0. The van der Waals surface area contributed by atoms with E-state index in [-0.39, 0.29) is 12.3 Å². The van der Waals surface area contributed by atoms with Crippen LogP contribution in [0.25, 0.3) is 5.53 Å². The summed E-state index contributed by atoms with van der Waals surface area (Å²) in [6.07, 6.45) is 5.16. The summed E-state index contributed by atoms with van der Waals surface area (Å²) in [5.74, 6) is -0.330. The van der Waals surface area contributed by atoms with Crippen LogP contribution < -0.4 is 0 Å². The van der Waals surface area contributed by atoms with Crippen molar-refractivity contribution in [2.75, 3.05) is 6.61 Å². The van der Waals surface area contributed by atoms with E-state index in [1.807, 2.05) is 0 Å². The van der Waals surface area contributed by atoms with Crippen LogP contribution in [-0.4, -0.2) is 34.3 Å². The Morgan fingerprint density at radius 2 is 2.12 bits per heavy atom. The van der Waals surface area contributed by atoms with Crippen LogP contribution in [0, 0.1) is 5.92 Å². The minimum Gasteiger partial charge on any atom is -0.457 e. The number of nitrogens with zero attached hydrogens (tertiary/aromatic N) is 2. The summed E-state index contributed by atoms with van der Waals surface area (Å²) < 4.78 is 4.72. The van der Waals surface area contributed by atoms with E-state index < -0.39 is 12.1 Å². The summed E-state index contributed by atoms with van der Waals surface area (Å²) in [5.41, 5.74) is 8.47. The number of esters is 1. The molecule has 1 aliphatic rings. The molecule has 96 valence electrons. The SMILES string of the molecule is CCOC(=O)C(=[N+]=[N-])C(O)CC1CCCCC1. The van der Waals surface area contributed by atoms with Crippen LogP contribution in [0.3, 0.4) is 0 Å². The number of aliphatic hydroxyl groups excluding tert-OH is 1. The van der Waals surface area contributed by atoms with Gasteiger partial charge < -0.3 is 15.4 Å². The van der Waals surface area contributed by atoms with Gasteiger partial charge in [0.1, 0.15) is 0 Å². The lowest BCUT2D eigenvalue weighted by molar-refractivity contribution is -0.141. The molecular weight excluding hydrogens is 220 g/mol. The van der Waals surface area contributed by atoms with E-state index in [4.69, 9.17) is 10.3 Å². The molecule has 1 fully saturated rings. The first-order valence-electron chi connectivity index (χ1n) is 6.26. The summed E-state index contributed by atoms with van der Waals surface area (Å²) in [4.78, 5) is 14.2. The largest absolute Gasteiger partial charge is 0.457 e. The molecule has 5 heteroatoms. The summed E-state index contributed by atoms with van der Waals surface area (Å²) in [6.45, 7) is 1.87. The zero-order valence-electron chi connectivity index (χ0n) is 10.3. The predicted molar refractivity (Wildman–Crippen MR) is 62.5 cm³/mol. The molecule has 0 aliphatic heterocycles. The van der Waals surface area contributed by atoms with E-state index in [0.29, 0.717) is 12.3 Å². The van der Waals surface area contributed by atoms with Gasteiger partial charge in [-0.1, -0.05) is 32.1 Å². The van der Waals surface area contributed by atoms with Crippen LogP contribution in [0.4, 0.5) is 0 Å². The second-order valence-corrected chi connectivity index (χ2v) is 4.46. The molecule has 0 aromatic rings. The smallest absolute Gasteiger partial charge is 0.419 e. The van der Waals surface area contributed by atoms with Gasteiger partial charge in [-0.25, -0.2) is 4.79 Å². The Hall–Kier alpha value is -1.19. The zero-order valence-corrected chi connectivity index (χ0v) is 10.3. The Morgan fingerprint density at radius 3 is 2.65 bits per heavy atom. The fourth-order valence-corrected chi connectivity index (χ4v) is 2.30. The summed E-state index contributed by atoms with van der Waals surface area (Å²) in [5, 5.41) is 9.87. The van der Waals surface area contributed by atoms with Gasteiger partial charge in [-0.2, -0.15) is 4.79 Å². The van der Waals surface area contributed by atoms with E-state index in [0.717, 1.165) is 12.8 Å². The van der Waals surface area contributed by atoms with Gasteiger partial charge in [0.2, 0.25) is 0 Å². The van der Waals surface area contributed by atoms with Gasteiger partial charge in [0.25, 0.3) is 0 Å². The predicted octanol–water partition coefficient (Wildman–Crippen LogP) is 1.55. The van der Waals surface area contributed by atoms with E-state index in [2.05, 4.69) is 4.79 Å².